The van der Waals surface area contributed by atoms with E-state index in [-0.39, 0.29) is 35.1 Å². The smallest absolute Gasteiger partial charge is 0.307 e. The zero-order valence-electron chi connectivity index (χ0n) is 22.6. The van der Waals surface area contributed by atoms with Crippen LogP contribution in [-0.4, -0.2) is 37.6 Å². The van der Waals surface area contributed by atoms with Crippen molar-refractivity contribution >= 4 is 15.8 Å². The number of carboxylic acid groups (broad SMARTS) is 1. The summed E-state index contributed by atoms with van der Waals surface area (Å²) in [4.78, 5) is 11.2. The van der Waals surface area contributed by atoms with Gasteiger partial charge in [-0.25, -0.2) is 12.8 Å². The maximum Gasteiger partial charge on any atom is 0.307 e. The van der Waals surface area contributed by atoms with Gasteiger partial charge in [0.05, 0.1) is 24.0 Å². The quantitative estimate of drug-likeness (QED) is 0.356. The third-order valence-electron chi connectivity index (χ3n) is 8.89. The lowest BCUT2D eigenvalue weighted by Gasteiger charge is -2.22. The van der Waals surface area contributed by atoms with Crippen molar-refractivity contribution in [2.45, 2.75) is 57.3 Å². The van der Waals surface area contributed by atoms with Gasteiger partial charge in [0.25, 0.3) is 0 Å². The predicted octanol–water partition coefficient (Wildman–Crippen LogP) is 6.16. The first kappa shape index (κ1) is 27.0. The number of sulfone groups is 1. The van der Waals surface area contributed by atoms with Crippen LogP contribution >= 0.6 is 0 Å². The number of ether oxygens (including phenoxy) is 1. The molecular formula is C33H35FO5S. The SMILES string of the molecule is O=C(O)[C@H]1CC1c1ccc(CCc2cc3c(cc2F)CCCc2cc(OCC4CCS(=O)(=O)CC4)ccc2-3)cc1. The second-order valence-electron chi connectivity index (χ2n) is 11.7. The summed E-state index contributed by atoms with van der Waals surface area (Å²) in [5, 5.41) is 9.18. The molecule has 0 amide bonds. The monoisotopic (exact) mass is 562 g/mol. The van der Waals surface area contributed by atoms with Crippen LogP contribution in [0, 0.1) is 17.7 Å². The molecule has 2 fully saturated rings. The van der Waals surface area contributed by atoms with Crippen LogP contribution in [0.15, 0.2) is 54.6 Å². The number of aryl methyl sites for hydroxylation is 4. The van der Waals surface area contributed by atoms with E-state index >= 15 is 4.39 Å². The fourth-order valence-corrected chi connectivity index (χ4v) is 7.86. The van der Waals surface area contributed by atoms with Gasteiger partial charge in [-0.15, -0.1) is 0 Å². The Morgan fingerprint density at radius 2 is 1.65 bits per heavy atom. The number of carboxylic acids is 1. The number of aliphatic carboxylic acids is 1. The Balaban J connectivity index is 1.14. The molecule has 1 unspecified atom stereocenters. The maximum absolute atomic E-state index is 15.2. The van der Waals surface area contributed by atoms with Crippen molar-refractivity contribution in [2.75, 3.05) is 18.1 Å². The molecule has 2 aliphatic carbocycles. The fraction of sp³-hybridized carbons (Fsp3) is 0.424. The van der Waals surface area contributed by atoms with Gasteiger partial charge in [0.1, 0.15) is 21.4 Å². The molecule has 3 aromatic carbocycles. The van der Waals surface area contributed by atoms with Crippen LogP contribution in [-0.2, 0) is 40.3 Å². The molecule has 7 heteroatoms. The molecule has 6 rings (SSSR count). The Kier molecular flexibility index (Phi) is 7.43. The lowest BCUT2D eigenvalue weighted by molar-refractivity contribution is -0.138. The van der Waals surface area contributed by atoms with E-state index in [1.165, 1.54) is 5.56 Å². The molecule has 210 valence electrons. The normalized spacial score (nSPS) is 21.6. The fourth-order valence-electron chi connectivity index (χ4n) is 6.27. The summed E-state index contributed by atoms with van der Waals surface area (Å²) in [6.45, 7) is 0.530. The Labute approximate surface area is 235 Å². The predicted molar refractivity (Wildman–Crippen MR) is 153 cm³/mol. The summed E-state index contributed by atoms with van der Waals surface area (Å²) in [7, 11) is -2.88. The van der Waals surface area contributed by atoms with Crippen molar-refractivity contribution in [1.29, 1.82) is 0 Å². The van der Waals surface area contributed by atoms with E-state index in [2.05, 4.69) is 12.1 Å². The molecule has 0 aromatic heterocycles. The number of benzene rings is 3. The van der Waals surface area contributed by atoms with E-state index in [1.54, 1.807) is 6.07 Å². The maximum atomic E-state index is 15.2. The van der Waals surface area contributed by atoms with Crippen LogP contribution in [0.3, 0.4) is 0 Å². The van der Waals surface area contributed by atoms with Crippen molar-refractivity contribution in [2.24, 2.45) is 11.8 Å². The van der Waals surface area contributed by atoms with Gasteiger partial charge in [-0.3, -0.25) is 4.79 Å². The van der Waals surface area contributed by atoms with E-state index in [1.807, 2.05) is 36.4 Å². The number of rotatable bonds is 8. The Bertz CT molecular complexity index is 1520. The van der Waals surface area contributed by atoms with Gasteiger partial charge >= 0.3 is 5.97 Å². The largest absolute Gasteiger partial charge is 0.493 e. The van der Waals surface area contributed by atoms with Crippen molar-refractivity contribution in [3.8, 4) is 16.9 Å². The van der Waals surface area contributed by atoms with E-state index in [0.29, 0.717) is 44.3 Å². The van der Waals surface area contributed by atoms with Crippen molar-refractivity contribution in [3.63, 3.8) is 0 Å². The first-order chi connectivity index (χ1) is 19.3. The number of carbonyl (C=O) groups is 1. The lowest BCUT2D eigenvalue weighted by atomic mass is 9.92. The van der Waals surface area contributed by atoms with Crippen LogP contribution in [0.1, 0.15) is 59.4 Å². The minimum atomic E-state index is -2.88. The number of halogens is 1. The highest BCUT2D eigenvalue weighted by atomic mass is 32.2. The van der Waals surface area contributed by atoms with Crippen molar-refractivity contribution in [3.05, 3.63) is 88.2 Å². The number of hydrogen-bond acceptors (Lipinski definition) is 4. The molecule has 0 radical (unpaired) electrons. The average Bonchev–Trinajstić information content (AvgIpc) is 3.76. The Morgan fingerprint density at radius 1 is 0.925 bits per heavy atom. The van der Waals surface area contributed by atoms with Crippen LogP contribution in [0.25, 0.3) is 11.1 Å². The van der Waals surface area contributed by atoms with Crippen LogP contribution < -0.4 is 4.74 Å². The standard InChI is InChI=1S/C33H35FO5S/c34-32-18-25-3-1-2-24-16-27(39-20-22-12-14-40(37,38)15-13-22)10-11-28(24)29(25)17-26(32)9-6-21-4-7-23(8-5-21)30-19-31(30)33(35)36/h4-5,7-8,10-11,16-18,22,30-31H,1-3,6,9,12-15,19-20H2,(H,35,36)/t30?,31-/m0/s1. The van der Waals surface area contributed by atoms with Gasteiger partial charge < -0.3 is 9.84 Å². The molecule has 2 atom stereocenters. The van der Waals surface area contributed by atoms with Gasteiger partial charge in [-0.1, -0.05) is 30.3 Å². The molecule has 1 heterocycles. The Morgan fingerprint density at radius 3 is 2.35 bits per heavy atom. The summed E-state index contributed by atoms with van der Waals surface area (Å²) in [6.07, 6.45) is 5.99. The van der Waals surface area contributed by atoms with E-state index < -0.39 is 15.8 Å². The molecule has 3 aliphatic rings. The zero-order chi connectivity index (χ0) is 27.9. The molecule has 1 saturated carbocycles. The molecule has 40 heavy (non-hydrogen) atoms. The van der Waals surface area contributed by atoms with Gasteiger partial charge in [0.2, 0.25) is 0 Å². The summed E-state index contributed by atoms with van der Waals surface area (Å²) in [5.41, 5.74) is 7.36. The van der Waals surface area contributed by atoms with Gasteiger partial charge in [0.15, 0.2) is 0 Å². The number of hydrogen-bond donors (Lipinski definition) is 1. The molecule has 5 nitrogen and oxygen atoms in total. The minimum absolute atomic E-state index is 0.116. The van der Waals surface area contributed by atoms with Crippen LogP contribution in [0.2, 0.25) is 0 Å². The average molecular weight is 563 g/mol. The third-order valence-corrected chi connectivity index (χ3v) is 10.6. The molecular weight excluding hydrogens is 527 g/mol. The second-order valence-corrected chi connectivity index (χ2v) is 14.0. The molecule has 1 N–H and O–H groups in total. The third kappa shape index (κ3) is 5.95. The van der Waals surface area contributed by atoms with Crippen LogP contribution in [0.4, 0.5) is 4.39 Å². The lowest BCUT2D eigenvalue weighted by Crippen LogP contribution is -2.26. The molecule has 3 aromatic rings. The summed E-state index contributed by atoms with van der Waals surface area (Å²) in [5.74, 6) is 0.545. The topological polar surface area (TPSA) is 80.7 Å². The summed E-state index contributed by atoms with van der Waals surface area (Å²) >= 11 is 0. The van der Waals surface area contributed by atoms with Crippen molar-refractivity contribution in [1.82, 2.24) is 0 Å². The Hall–Kier alpha value is -3.19. The van der Waals surface area contributed by atoms with E-state index in [9.17, 15) is 18.3 Å². The zero-order valence-corrected chi connectivity index (χ0v) is 23.4. The molecule has 0 bridgehead atoms. The van der Waals surface area contributed by atoms with E-state index in [4.69, 9.17) is 4.74 Å². The highest BCUT2D eigenvalue weighted by molar-refractivity contribution is 7.91. The molecule has 1 aliphatic heterocycles. The summed E-state index contributed by atoms with van der Waals surface area (Å²) < 4.78 is 44.7. The van der Waals surface area contributed by atoms with Gasteiger partial charge in [-0.2, -0.15) is 0 Å². The van der Waals surface area contributed by atoms with Crippen LogP contribution in [0.5, 0.6) is 5.75 Å². The molecule has 0 spiro atoms. The number of fused-ring (bicyclic) bond motifs is 3. The van der Waals surface area contributed by atoms with Gasteiger partial charge in [0, 0.05) is 0 Å². The van der Waals surface area contributed by atoms with E-state index in [0.717, 1.165) is 52.8 Å². The minimum Gasteiger partial charge on any atom is -0.493 e. The summed E-state index contributed by atoms with van der Waals surface area (Å²) in [6, 6.07) is 18.0. The molecule has 1 saturated heterocycles. The van der Waals surface area contributed by atoms with Gasteiger partial charge in [-0.05, 0) is 126 Å². The highest BCUT2D eigenvalue weighted by Crippen LogP contribution is 2.47. The highest BCUT2D eigenvalue weighted by Gasteiger charge is 2.44. The van der Waals surface area contributed by atoms with Crippen molar-refractivity contribution < 1.29 is 27.4 Å². The second kappa shape index (κ2) is 11.0. The first-order valence-corrected chi connectivity index (χ1v) is 16.2. The first-order valence-electron chi connectivity index (χ1n) is 14.4.